The minimum atomic E-state index is 0.281. The van der Waals surface area contributed by atoms with Crippen LogP contribution in [0.5, 0.6) is 0 Å². The number of halogens is 1. The highest BCUT2D eigenvalue weighted by atomic mass is 79.9. The van der Waals surface area contributed by atoms with Crippen molar-refractivity contribution in [3.63, 3.8) is 0 Å². The summed E-state index contributed by atoms with van der Waals surface area (Å²) < 4.78 is 6.45. The van der Waals surface area contributed by atoms with Gasteiger partial charge >= 0.3 is 0 Å². The van der Waals surface area contributed by atoms with E-state index in [0.717, 1.165) is 41.0 Å². The highest BCUT2D eigenvalue weighted by Crippen LogP contribution is 2.32. The van der Waals surface area contributed by atoms with Crippen LogP contribution in [-0.2, 0) is 6.42 Å². The Morgan fingerprint density at radius 1 is 1.32 bits per heavy atom. The molecular formula is C14H16BrN3O. The number of aromatic nitrogens is 2. The quantitative estimate of drug-likeness (QED) is 0.943. The lowest BCUT2D eigenvalue weighted by Gasteiger charge is -2.02. The van der Waals surface area contributed by atoms with Crippen LogP contribution in [0.25, 0.3) is 0 Å². The maximum atomic E-state index is 5.92. The van der Waals surface area contributed by atoms with Crippen molar-refractivity contribution in [2.45, 2.75) is 37.6 Å². The van der Waals surface area contributed by atoms with Gasteiger partial charge in [-0.1, -0.05) is 39.3 Å². The molecule has 0 spiro atoms. The fraction of sp³-hybridized carbons (Fsp3) is 0.429. The summed E-state index contributed by atoms with van der Waals surface area (Å²) in [6, 6.07) is 8.37. The number of hydrogen-bond acceptors (Lipinski definition) is 4. The van der Waals surface area contributed by atoms with Gasteiger partial charge in [0.1, 0.15) is 0 Å². The van der Waals surface area contributed by atoms with Gasteiger partial charge < -0.3 is 10.3 Å². The van der Waals surface area contributed by atoms with E-state index in [9.17, 15) is 0 Å². The zero-order valence-corrected chi connectivity index (χ0v) is 12.1. The number of nitrogens with two attached hydrogens (primary N) is 1. The second-order valence-corrected chi connectivity index (χ2v) is 5.94. The van der Waals surface area contributed by atoms with Crippen molar-refractivity contribution in [1.82, 2.24) is 10.1 Å². The summed E-state index contributed by atoms with van der Waals surface area (Å²) in [5, 5.41) is 4.07. The lowest BCUT2D eigenvalue weighted by atomic mass is 10.1. The lowest BCUT2D eigenvalue weighted by molar-refractivity contribution is 0.350. The van der Waals surface area contributed by atoms with E-state index in [2.05, 4.69) is 32.1 Å². The monoisotopic (exact) mass is 321 g/mol. The van der Waals surface area contributed by atoms with E-state index in [1.807, 2.05) is 18.2 Å². The van der Waals surface area contributed by atoms with Crippen LogP contribution >= 0.6 is 15.9 Å². The van der Waals surface area contributed by atoms with Crippen molar-refractivity contribution in [3.05, 3.63) is 46.0 Å². The molecule has 1 fully saturated rings. The fourth-order valence-electron chi connectivity index (χ4n) is 2.56. The third kappa shape index (κ3) is 2.87. The van der Waals surface area contributed by atoms with Gasteiger partial charge in [-0.25, -0.2) is 0 Å². The molecule has 1 heterocycles. The molecule has 5 heteroatoms. The first-order valence-electron chi connectivity index (χ1n) is 6.54. The zero-order chi connectivity index (χ0) is 13.2. The minimum Gasteiger partial charge on any atom is -0.339 e. The van der Waals surface area contributed by atoms with Crippen molar-refractivity contribution in [2.24, 2.45) is 5.73 Å². The molecule has 0 bridgehead atoms. The molecule has 0 amide bonds. The summed E-state index contributed by atoms with van der Waals surface area (Å²) in [6.07, 6.45) is 3.74. The molecule has 0 aliphatic heterocycles. The highest BCUT2D eigenvalue weighted by Gasteiger charge is 2.27. The Labute approximate surface area is 120 Å². The van der Waals surface area contributed by atoms with E-state index < -0.39 is 0 Å². The molecule has 1 aliphatic carbocycles. The summed E-state index contributed by atoms with van der Waals surface area (Å²) in [4.78, 5) is 4.51. The second-order valence-electron chi connectivity index (χ2n) is 5.09. The predicted molar refractivity (Wildman–Crippen MR) is 75.8 cm³/mol. The Balaban J connectivity index is 1.73. The van der Waals surface area contributed by atoms with Crippen molar-refractivity contribution < 1.29 is 4.52 Å². The van der Waals surface area contributed by atoms with E-state index in [-0.39, 0.29) is 6.04 Å². The van der Waals surface area contributed by atoms with E-state index in [0.29, 0.717) is 12.3 Å². The second kappa shape index (κ2) is 5.43. The average molecular weight is 322 g/mol. The van der Waals surface area contributed by atoms with Crippen LogP contribution in [0.15, 0.2) is 33.3 Å². The van der Waals surface area contributed by atoms with E-state index in [4.69, 9.17) is 10.3 Å². The number of nitrogens with zero attached hydrogens (tertiary/aromatic N) is 2. The van der Waals surface area contributed by atoms with Crippen molar-refractivity contribution in [3.8, 4) is 0 Å². The molecule has 0 radical (unpaired) electrons. The normalized spacial score (nSPS) is 22.8. The Morgan fingerprint density at radius 2 is 2.16 bits per heavy atom. The van der Waals surface area contributed by atoms with E-state index in [1.165, 1.54) is 0 Å². The number of rotatable bonds is 3. The number of benzene rings is 1. The fourth-order valence-corrected chi connectivity index (χ4v) is 2.98. The van der Waals surface area contributed by atoms with Gasteiger partial charge in [0, 0.05) is 22.9 Å². The maximum Gasteiger partial charge on any atom is 0.229 e. The summed E-state index contributed by atoms with van der Waals surface area (Å²) in [5.41, 5.74) is 7.08. The topological polar surface area (TPSA) is 64.9 Å². The first-order chi connectivity index (χ1) is 9.22. The highest BCUT2D eigenvalue weighted by molar-refractivity contribution is 9.10. The average Bonchev–Trinajstić information content (AvgIpc) is 3.01. The molecule has 0 unspecified atom stereocenters. The van der Waals surface area contributed by atoms with Crippen LogP contribution < -0.4 is 5.73 Å². The molecule has 2 aromatic rings. The third-order valence-electron chi connectivity index (χ3n) is 3.61. The SMILES string of the molecule is N[C@H]1CC[C@@H](c2nc(Cc3ccccc3Br)no2)C1. The molecule has 3 rings (SSSR count). The van der Waals surface area contributed by atoms with Crippen LogP contribution in [0.2, 0.25) is 0 Å². The predicted octanol–water partition coefficient (Wildman–Crippen LogP) is 3.02. The first-order valence-corrected chi connectivity index (χ1v) is 7.33. The summed E-state index contributed by atoms with van der Waals surface area (Å²) >= 11 is 3.53. The third-order valence-corrected chi connectivity index (χ3v) is 4.39. The molecule has 1 saturated carbocycles. The van der Waals surface area contributed by atoms with Gasteiger partial charge in [0.25, 0.3) is 0 Å². The van der Waals surface area contributed by atoms with Gasteiger partial charge in [-0.2, -0.15) is 4.98 Å². The molecule has 1 aromatic carbocycles. The van der Waals surface area contributed by atoms with Crippen LogP contribution in [0, 0.1) is 0 Å². The van der Waals surface area contributed by atoms with Crippen molar-refractivity contribution in [1.29, 1.82) is 0 Å². The van der Waals surface area contributed by atoms with Crippen LogP contribution in [0.1, 0.15) is 42.5 Å². The molecule has 1 aromatic heterocycles. The van der Waals surface area contributed by atoms with Gasteiger partial charge in [-0.15, -0.1) is 0 Å². The van der Waals surface area contributed by atoms with Gasteiger partial charge in [0.05, 0.1) is 0 Å². The molecule has 100 valence electrons. The molecule has 0 saturated heterocycles. The molecular weight excluding hydrogens is 306 g/mol. The van der Waals surface area contributed by atoms with Crippen molar-refractivity contribution in [2.75, 3.05) is 0 Å². The smallest absolute Gasteiger partial charge is 0.229 e. The Morgan fingerprint density at radius 3 is 2.89 bits per heavy atom. The van der Waals surface area contributed by atoms with Gasteiger partial charge in [0.2, 0.25) is 5.89 Å². The zero-order valence-electron chi connectivity index (χ0n) is 10.6. The Hall–Kier alpha value is -1.20. The summed E-state index contributed by atoms with van der Waals surface area (Å²) in [5.74, 6) is 1.83. The largest absolute Gasteiger partial charge is 0.339 e. The Bertz CT molecular complexity index is 569. The Kier molecular flexibility index (Phi) is 3.66. The molecule has 1 aliphatic rings. The van der Waals surface area contributed by atoms with Gasteiger partial charge in [0.15, 0.2) is 5.82 Å². The van der Waals surface area contributed by atoms with E-state index in [1.54, 1.807) is 0 Å². The van der Waals surface area contributed by atoms with E-state index >= 15 is 0 Å². The molecule has 4 nitrogen and oxygen atoms in total. The van der Waals surface area contributed by atoms with Crippen LogP contribution in [0.4, 0.5) is 0 Å². The minimum absolute atomic E-state index is 0.281. The lowest BCUT2D eigenvalue weighted by Crippen LogP contribution is -2.14. The summed E-state index contributed by atoms with van der Waals surface area (Å²) in [7, 11) is 0. The number of hydrogen-bond donors (Lipinski definition) is 1. The molecule has 19 heavy (non-hydrogen) atoms. The molecule has 2 N–H and O–H groups in total. The maximum absolute atomic E-state index is 5.92. The molecule has 2 atom stereocenters. The van der Waals surface area contributed by atoms with Gasteiger partial charge in [-0.05, 0) is 30.9 Å². The summed E-state index contributed by atoms with van der Waals surface area (Å²) in [6.45, 7) is 0. The van der Waals surface area contributed by atoms with Gasteiger partial charge in [-0.3, -0.25) is 0 Å². The standard InChI is InChI=1S/C14H16BrN3O/c15-12-4-2-1-3-9(12)8-13-17-14(19-18-13)10-5-6-11(16)7-10/h1-4,10-11H,5-8,16H2/t10-,11+/m1/s1. The van der Waals surface area contributed by atoms with Crippen LogP contribution in [0.3, 0.4) is 0 Å². The first kappa shape index (κ1) is 12.8. The van der Waals surface area contributed by atoms with Crippen LogP contribution in [-0.4, -0.2) is 16.2 Å². The van der Waals surface area contributed by atoms with Crippen molar-refractivity contribution >= 4 is 15.9 Å².